The Hall–Kier alpha value is -4.97. The molecule has 0 spiro atoms. The van der Waals surface area contributed by atoms with Crippen LogP contribution in [0.15, 0.2) is 158 Å². The fourth-order valence-corrected chi connectivity index (χ4v) is 9.00. The summed E-state index contributed by atoms with van der Waals surface area (Å²) >= 11 is 0. The monoisotopic (exact) mass is 1140 g/mol. The maximum atomic E-state index is 12.9. The number of hydrogen-bond acceptors (Lipinski definition) is 6. The average molecular weight is 1150 g/mol. The quantitative estimate of drug-likeness (QED) is 0.0261. The Balaban J connectivity index is 4.38. The highest BCUT2D eigenvalue weighted by atomic mass is 16.6. The van der Waals surface area contributed by atoms with Gasteiger partial charge < -0.3 is 14.2 Å². The van der Waals surface area contributed by atoms with Crippen LogP contribution < -0.4 is 0 Å². The summed E-state index contributed by atoms with van der Waals surface area (Å²) in [6.07, 6.45) is 101. The lowest BCUT2D eigenvalue weighted by atomic mass is 10.0. The Labute approximate surface area is 511 Å². The molecule has 0 rings (SSSR count). The number of ether oxygens (including phenoxy) is 3. The highest BCUT2D eigenvalue weighted by Gasteiger charge is 2.19. The van der Waals surface area contributed by atoms with E-state index in [0.29, 0.717) is 12.8 Å². The molecule has 0 aromatic rings. The first-order valence-electron chi connectivity index (χ1n) is 34.0. The summed E-state index contributed by atoms with van der Waals surface area (Å²) in [6.45, 7) is 6.32. The third kappa shape index (κ3) is 67.7. The minimum atomic E-state index is -0.830. The van der Waals surface area contributed by atoms with Crippen molar-refractivity contribution in [3.63, 3.8) is 0 Å². The number of esters is 3. The van der Waals surface area contributed by atoms with Crippen molar-refractivity contribution < 1.29 is 28.6 Å². The van der Waals surface area contributed by atoms with Crippen LogP contribution in [0.2, 0.25) is 0 Å². The topological polar surface area (TPSA) is 78.9 Å². The normalized spacial score (nSPS) is 13.1. The number of hydrogen-bond donors (Lipinski definition) is 0. The summed E-state index contributed by atoms with van der Waals surface area (Å²) < 4.78 is 16.8. The molecule has 0 saturated carbocycles. The van der Waals surface area contributed by atoms with E-state index in [4.69, 9.17) is 14.2 Å². The van der Waals surface area contributed by atoms with E-state index in [0.717, 1.165) is 128 Å². The molecule has 0 aliphatic carbocycles. The lowest BCUT2D eigenvalue weighted by Gasteiger charge is -2.18. The molecule has 0 aromatic heterocycles. The lowest BCUT2D eigenvalue weighted by Crippen LogP contribution is -2.30. The molecule has 0 amide bonds. The van der Waals surface area contributed by atoms with Crippen molar-refractivity contribution in [2.75, 3.05) is 13.2 Å². The van der Waals surface area contributed by atoms with E-state index in [1.54, 1.807) is 0 Å². The first-order valence-corrected chi connectivity index (χ1v) is 34.0. The maximum Gasteiger partial charge on any atom is 0.306 e. The van der Waals surface area contributed by atoms with Gasteiger partial charge in [0.25, 0.3) is 0 Å². The molecule has 1 atom stereocenters. The van der Waals surface area contributed by atoms with Crippen LogP contribution in [-0.4, -0.2) is 37.2 Å². The van der Waals surface area contributed by atoms with Gasteiger partial charge in [-0.3, -0.25) is 14.4 Å². The van der Waals surface area contributed by atoms with Gasteiger partial charge in [0.15, 0.2) is 6.10 Å². The number of unbranched alkanes of at least 4 members (excludes halogenated alkanes) is 23. The summed E-state index contributed by atoms with van der Waals surface area (Å²) in [5, 5.41) is 0. The molecule has 0 bridgehead atoms. The summed E-state index contributed by atoms with van der Waals surface area (Å²) in [4.78, 5) is 38.3. The predicted octanol–water partition coefficient (Wildman–Crippen LogP) is 23.7. The van der Waals surface area contributed by atoms with Crippen LogP contribution in [0.4, 0.5) is 0 Å². The summed E-state index contributed by atoms with van der Waals surface area (Å²) in [5.41, 5.74) is 0. The molecule has 0 radical (unpaired) electrons. The van der Waals surface area contributed by atoms with E-state index in [1.165, 1.54) is 116 Å². The maximum absolute atomic E-state index is 12.9. The molecular weight excluding hydrogens is 1020 g/mol. The van der Waals surface area contributed by atoms with Crippen molar-refractivity contribution >= 4 is 17.9 Å². The van der Waals surface area contributed by atoms with E-state index in [-0.39, 0.29) is 44.0 Å². The zero-order valence-electron chi connectivity index (χ0n) is 53.7. The van der Waals surface area contributed by atoms with Crippen LogP contribution in [0.5, 0.6) is 0 Å². The Morgan fingerprint density at radius 2 is 0.494 bits per heavy atom. The predicted molar refractivity (Wildman–Crippen MR) is 362 cm³/mol. The molecule has 83 heavy (non-hydrogen) atoms. The minimum Gasteiger partial charge on any atom is -0.462 e. The van der Waals surface area contributed by atoms with E-state index in [2.05, 4.69) is 173 Å². The van der Waals surface area contributed by atoms with E-state index < -0.39 is 6.10 Å². The van der Waals surface area contributed by atoms with Crippen LogP contribution >= 0.6 is 0 Å². The highest BCUT2D eigenvalue weighted by molar-refractivity contribution is 5.71. The summed E-state index contributed by atoms with van der Waals surface area (Å²) in [7, 11) is 0. The molecule has 0 saturated heterocycles. The van der Waals surface area contributed by atoms with Gasteiger partial charge in [0.1, 0.15) is 13.2 Å². The van der Waals surface area contributed by atoms with Gasteiger partial charge in [0.05, 0.1) is 0 Å². The Morgan fingerprint density at radius 3 is 0.807 bits per heavy atom. The Bertz CT molecular complexity index is 1840. The number of carbonyl (C=O) groups excluding carboxylic acids is 3. The van der Waals surface area contributed by atoms with Gasteiger partial charge in [0.2, 0.25) is 0 Å². The molecule has 0 fully saturated rings. The molecule has 0 heterocycles. The molecular formula is C77H124O6. The summed E-state index contributed by atoms with van der Waals surface area (Å²) in [6, 6.07) is 0. The highest BCUT2D eigenvalue weighted by Crippen LogP contribution is 2.16. The fraction of sp³-hybridized carbons (Fsp3) is 0.623. The van der Waals surface area contributed by atoms with Crippen molar-refractivity contribution in [1.82, 2.24) is 0 Å². The molecule has 468 valence electrons. The van der Waals surface area contributed by atoms with Gasteiger partial charge in [-0.05, 0) is 135 Å². The molecule has 6 nitrogen and oxygen atoms in total. The number of allylic oxidation sites excluding steroid dienone is 26. The van der Waals surface area contributed by atoms with Crippen LogP contribution in [0.1, 0.15) is 290 Å². The fourth-order valence-electron chi connectivity index (χ4n) is 9.00. The molecule has 6 heteroatoms. The lowest BCUT2D eigenvalue weighted by molar-refractivity contribution is -0.166. The third-order valence-corrected chi connectivity index (χ3v) is 14.0. The number of carbonyl (C=O) groups is 3. The molecule has 0 N–H and O–H groups in total. The van der Waals surface area contributed by atoms with Gasteiger partial charge in [0, 0.05) is 19.3 Å². The van der Waals surface area contributed by atoms with E-state index in [9.17, 15) is 14.4 Å². The van der Waals surface area contributed by atoms with Crippen LogP contribution in [0.3, 0.4) is 0 Å². The van der Waals surface area contributed by atoms with Crippen molar-refractivity contribution in [3.8, 4) is 0 Å². The average Bonchev–Trinajstić information content (AvgIpc) is 3.49. The molecule has 0 aliphatic heterocycles. The van der Waals surface area contributed by atoms with E-state index in [1.807, 2.05) is 6.08 Å². The molecule has 0 aromatic carbocycles. The first-order chi connectivity index (χ1) is 41.0. The number of rotatable bonds is 60. The van der Waals surface area contributed by atoms with Gasteiger partial charge in [-0.1, -0.05) is 294 Å². The van der Waals surface area contributed by atoms with Gasteiger partial charge in [-0.15, -0.1) is 0 Å². The Kier molecular flexibility index (Phi) is 65.4. The van der Waals surface area contributed by atoms with Gasteiger partial charge in [-0.25, -0.2) is 0 Å². The van der Waals surface area contributed by atoms with E-state index >= 15 is 0 Å². The van der Waals surface area contributed by atoms with Gasteiger partial charge >= 0.3 is 17.9 Å². The smallest absolute Gasteiger partial charge is 0.306 e. The minimum absolute atomic E-state index is 0.116. The van der Waals surface area contributed by atoms with Crippen molar-refractivity contribution in [3.05, 3.63) is 158 Å². The van der Waals surface area contributed by atoms with Crippen molar-refractivity contribution in [2.24, 2.45) is 0 Å². The zero-order valence-corrected chi connectivity index (χ0v) is 53.7. The summed E-state index contributed by atoms with van der Waals surface area (Å²) in [5.74, 6) is -1.03. The van der Waals surface area contributed by atoms with Crippen LogP contribution in [-0.2, 0) is 28.6 Å². The second-order valence-corrected chi connectivity index (χ2v) is 22.0. The second kappa shape index (κ2) is 69.5. The van der Waals surface area contributed by atoms with Gasteiger partial charge in [-0.2, -0.15) is 0 Å². The molecule has 0 aliphatic rings. The SMILES string of the molecule is CC/C=C\C/C=C\C/C=C\C/C=C\C/C=C\C/C=C\CCCCCCC(=O)OC(COC(=O)CC/C=C\C/C=C\C/C=C\C/C=C\CC)COC(=O)CCCCCCCCCCCCCCCC/C=C\C/C=C\C/C=C\CCCCCCC. The van der Waals surface area contributed by atoms with Crippen molar-refractivity contribution in [2.45, 2.75) is 297 Å². The second-order valence-electron chi connectivity index (χ2n) is 22.0. The zero-order chi connectivity index (χ0) is 59.9. The first kappa shape index (κ1) is 78.0. The third-order valence-electron chi connectivity index (χ3n) is 14.0. The van der Waals surface area contributed by atoms with Crippen LogP contribution in [0.25, 0.3) is 0 Å². The van der Waals surface area contributed by atoms with Crippen LogP contribution in [0, 0.1) is 0 Å². The molecule has 1 unspecified atom stereocenters. The Morgan fingerprint density at radius 1 is 0.253 bits per heavy atom. The van der Waals surface area contributed by atoms with Crippen molar-refractivity contribution in [1.29, 1.82) is 0 Å². The largest absolute Gasteiger partial charge is 0.462 e. The standard InChI is InChI=1S/C77H124O6/c1-4-7-10-13-16-19-22-25-27-29-31-33-35-36-37-38-39-40-42-43-45-47-49-52-55-58-61-64-67-70-76(79)82-73-74(72-81-75(78)69-66-63-60-57-54-51-24-21-18-15-12-9-6-3)83-77(80)71-68-65-62-59-56-53-50-48-46-44-41-34-32-30-28-26-23-20-17-14-11-8-5-2/h8-9,11-12,17-18,20-22,25-26,28-29,31-32,34-36,44,46,50-51,53-54,60,63,74H,4-7,10,13-16,19,23-24,27,30,33,37-43,45,47-49,52,55-59,61-62,64-73H2,1-3H3/b11-8-,12-9-,20-17-,21-18-,25-22-,28-26-,31-29-,34-32-,36-35-,46-44-,53-50-,54-51-,63-60-.